The molecule has 0 fully saturated rings. The van der Waals surface area contributed by atoms with Crippen LogP contribution in [0.15, 0.2) is 11.1 Å². The molecule has 0 unspecified atom stereocenters. The van der Waals surface area contributed by atoms with Crippen LogP contribution in [0.2, 0.25) is 0 Å². The number of rotatable bonds is 3. The number of nitrogens with one attached hydrogen (secondary N) is 1. The molecule has 0 saturated heterocycles. The van der Waals surface area contributed by atoms with Gasteiger partial charge < -0.3 is 10.5 Å². The first-order chi connectivity index (χ1) is 5.74. The largest absolute Gasteiger partial charge is 0.468 e. The Hall–Kier alpha value is -1.17. The van der Waals surface area contributed by atoms with Gasteiger partial charge in [-0.25, -0.2) is 0 Å². The lowest BCUT2D eigenvalue weighted by Crippen LogP contribution is -2.02. The van der Waals surface area contributed by atoms with Crippen molar-refractivity contribution in [2.45, 2.75) is 4.90 Å². The third kappa shape index (κ3) is 2.16. The quantitative estimate of drug-likeness (QED) is 0.524. The number of nitrogen functional groups attached to an aromatic ring is 1. The molecule has 1 heterocycles. The highest BCUT2D eigenvalue weighted by molar-refractivity contribution is 8.00. The number of nitrogens with zero attached hydrogens (tertiary/aromatic N) is 1. The summed E-state index contributed by atoms with van der Waals surface area (Å²) in [6.45, 7) is 0. The van der Waals surface area contributed by atoms with Gasteiger partial charge >= 0.3 is 5.97 Å². The highest BCUT2D eigenvalue weighted by Crippen LogP contribution is 2.21. The molecule has 0 bridgehead atoms. The number of aromatic nitrogens is 2. The summed E-state index contributed by atoms with van der Waals surface area (Å²) in [6, 6.07) is 0. The Balaban J connectivity index is 2.43. The first-order valence-electron chi connectivity index (χ1n) is 3.22. The molecule has 0 aromatic carbocycles. The molecule has 0 atom stereocenters. The van der Waals surface area contributed by atoms with Gasteiger partial charge in [-0.2, -0.15) is 5.10 Å². The maximum Gasteiger partial charge on any atom is 0.315 e. The molecule has 0 saturated carbocycles. The van der Waals surface area contributed by atoms with E-state index in [1.807, 2.05) is 0 Å². The fourth-order valence-corrected chi connectivity index (χ4v) is 1.32. The molecule has 6 heteroatoms. The highest BCUT2D eigenvalue weighted by atomic mass is 32.2. The number of methoxy groups -OCH3 is 1. The number of hydrogen-bond donors (Lipinski definition) is 2. The van der Waals surface area contributed by atoms with Crippen LogP contribution >= 0.6 is 11.8 Å². The van der Waals surface area contributed by atoms with Gasteiger partial charge in [-0.3, -0.25) is 9.89 Å². The number of nitrogens with two attached hydrogens (primary N) is 1. The van der Waals surface area contributed by atoms with E-state index in [1.54, 1.807) is 6.20 Å². The normalized spacial score (nSPS) is 9.75. The molecule has 0 aliphatic heterocycles. The van der Waals surface area contributed by atoms with E-state index in [0.717, 1.165) is 4.90 Å². The molecule has 0 spiro atoms. The first kappa shape index (κ1) is 8.92. The number of anilines is 1. The topological polar surface area (TPSA) is 81.0 Å². The Morgan fingerprint density at radius 1 is 1.92 bits per heavy atom. The van der Waals surface area contributed by atoms with Gasteiger partial charge in [-0.1, -0.05) is 0 Å². The van der Waals surface area contributed by atoms with Crippen molar-refractivity contribution in [1.29, 1.82) is 0 Å². The van der Waals surface area contributed by atoms with Crippen LogP contribution < -0.4 is 5.73 Å². The Morgan fingerprint density at radius 2 is 2.67 bits per heavy atom. The third-order valence-electron chi connectivity index (χ3n) is 1.21. The van der Waals surface area contributed by atoms with E-state index in [-0.39, 0.29) is 11.7 Å². The second-order valence-corrected chi connectivity index (χ2v) is 3.03. The zero-order valence-corrected chi connectivity index (χ0v) is 7.35. The van der Waals surface area contributed by atoms with Crippen molar-refractivity contribution in [3.63, 3.8) is 0 Å². The van der Waals surface area contributed by atoms with Crippen LogP contribution in [0.1, 0.15) is 0 Å². The summed E-state index contributed by atoms with van der Waals surface area (Å²) >= 11 is 1.29. The average molecular weight is 187 g/mol. The molecule has 0 amide bonds. The van der Waals surface area contributed by atoms with Gasteiger partial charge in [0, 0.05) is 0 Å². The number of esters is 1. The zero-order chi connectivity index (χ0) is 8.97. The van der Waals surface area contributed by atoms with Gasteiger partial charge in [-0.05, 0) is 0 Å². The van der Waals surface area contributed by atoms with Crippen LogP contribution in [0.25, 0.3) is 0 Å². The number of carbonyl (C=O) groups excluding carboxylic acids is 1. The summed E-state index contributed by atoms with van der Waals surface area (Å²) in [5, 5.41) is 6.27. The molecular weight excluding hydrogens is 178 g/mol. The maximum absolute atomic E-state index is 10.7. The summed E-state index contributed by atoms with van der Waals surface area (Å²) in [5.41, 5.74) is 5.48. The van der Waals surface area contributed by atoms with Gasteiger partial charge in [0.1, 0.15) is 5.82 Å². The van der Waals surface area contributed by atoms with E-state index in [4.69, 9.17) is 5.73 Å². The number of ether oxygens (including phenoxy) is 1. The fraction of sp³-hybridized carbons (Fsp3) is 0.333. The lowest BCUT2D eigenvalue weighted by molar-refractivity contribution is -0.137. The summed E-state index contributed by atoms with van der Waals surface area (Å²) in [6.07, 6.45) is 1.57. The molecule has 1 rings (SSSR count). The summed E-state index contributed by atoms with van der Waals surface area (Å²) in [5.74, 6) is 0.449. The molecule has 1 aromatic rings. The van der Waals surface area contributed by atoms with E-state index in [0.29, 0.717) is 5.82 Å². The van der Waals surface area contributed by atoms with Gasteiger partial charge in [0.15, 0.2) is 0 Å². The Labute approximate surface area is 73.7 Å². The SMILES string of the molecule is COC(=O)CSc1cn[nH]c1N. The molecule has 0 aliphatic carbocycles. The van der Waals surface area contributed by atoms with Crippen molar-refractivity contribution in [2.75, 3.05) is 18.6 Å². The van der Waals surface area contributed by atoms with E-state index in [1.165, 1.54) is 18.9 Å². The highest BCUT2D eigenvalue weighted by Gasteiger charge is 2.05. The number of H-pyrrole nitrogens is 1. The number of hydrogen-bond acceptors (Lipinski definition) is 5. The summed E-state index contributed by atoms with van der Waals surface area (Å²) in [4.78, 5) is 11.5. The summed E-state index contributed by atoms with van der Waals surface area (Å²) in [7, 11) is 1.35. The van der Waals surface area contributed by atoms with Crippen LogP contribution in [-0.2, 0) is 9.53 Å². The standard InChI is InChI=1S/C6H9N3O2S/c1-11-5(10)3-12-4-2-8-9-6(4)7/h2H,3H2,1H3,(H3,7,8,9). The molecule has 66 valence electrons. The van der Waals surface area contributed by atoms with Gasteiger partial charge in [0.2, 0.25) is 0 Å². The van der Waals surface area contributed by atoms with E-state index < -0.39 is 0 Å². The smallest absolute Gasteiger partial charge is 0.315 e. The Kier molecular flexibility index (Phi) is 2.98. The molecular formula is C6H9N3O2S. The van der Waals surface area contributed by atoms with Crippen molar-refractivity contribution in [3.8, 4) is 0 Å². The van der Waals surface area contributed by atoms with E-state index in [9.17, 15) is 4.79 Å². The average Bonchev–Trinajstić information content (AvgIpc) is 2.47. The van der Waals surface area contributed by atoms with E-state index >= 15 is 0 Å². The number of aromatic amines is 1. The van der Waals surface area contributed by atoms with Crippen molar-refractivity contribution in [2.24, 2.45) is 0 Å². The molecule has 5 nitrogen and oxygen atoms in total. The Bertz CT molecular complexity index is 274. The van der Waals surface area contributed by atoms with Gasteiger partial charge in [0.25, 0.3) is 0 Å². The molecule has 3 N–H and O–H groups in total. The first-order valence-corrected chi connectivity index (χ1v) is 4.21. The van der Waals surface area contributed by atoms with Crippen LogP contribution in [0.5, 0.6) is 0 Å². The lowest BCUT2D eigenvalue weighted by atomic mass is 10.7. The van der Waals surface area contributed by atoms with Gasteiger partial charge in [0.05, 0.1) is 24.0 Å². The minimum atomic E-state index is -0.277. The minimum absolute atomic E-state index is 0.250. The van der Waals surface area contributed by atoms with Crippen molar-refractivity contribution in [1.82, 2.24) is 10.2 Å². The van der Waals surface area contributed by atoms with Crippen LogP contribution in [0, 0.1) is 0 Å². The number of carbonyl (C=O) groups is 1. The predicted octanol–water partition coefficient (Wildman–Crippen LogP) is 0.257. The summed E-state index contributed by atoms with van der Waals surface area (Å²) < 4.78 is 4.46. The molecule has 1 aromatic heterocycles. The van der Waals surface area contributed by atoms with Crippen LogP contribution in [0.3, 0.4) is 0 Å². The Morgan fingerprint density at radius 3 is 3.17 bits per heavy atom. The fourth-order valence-electron chi connectivity index (χ4n) is 0.596. The van der Waals surface area contributed by atoms with Crippen molar-refractivity contribution < 1.29 is 9.53 Å². The minimum Gasteiger partial charge on any atom is -0.468 e. The van der Waals surface area contributed by atoms with Crippen LogP contribution in [-0.4, -0.2) is 29.0 Å². The van der Waals surface area contributed by atoms with Gasteiger partial charge in [-0.15, -0.1) is 11.8 Å². The third-order valence-corrected chi connectivity index (χ3v) is 2.22. The maximum atomic E-state index is 10.7. The number of thioether (sulfide) groups is 1. The van der Waals surface area contributed by atoms with Crippen LogP contribution in [0.4, 0.5) is 5.82 Å². The zero-order valence-electron chi connectivity index (χ0n) is 6.53. The molecule has 0 aliphatic rings. The monoisotopic (exact) mass is 187 g/mol. The second kappa shape index (κ2) is 4.01. The van der Waals surface area contributed by atoms with E-state index in [2.05, 4.69) is 14.9 Å². The molecule has 0 radical (unpaired) electrons. The van der Waals surface area contributed by atoms with Crippen molar-refractivity contribution in [3.05, 3.63) is 6.20 Å². The predicted molar refractivity (Wildman–Crippen MR) is 45.7 cm³/mol. The lowest BCUT2D eigenvalue weighted by Gasteiger charge is -1.97. The van der Waals surface area contributed by atoms with Crippen molar-refractivity contribution >= 4 is 23.5 Å². The second-order valence-electron chi connectivity index (χ2n) is 2.01. The molecule has 12 heavy (non-hydrogen) atoms.